The lowest BCUT2D eigenvalue weighted by Crippen LogP contribution is -2.58. The molecule has 1 aromatic carbocycles. The molecule has 36 heavy (non-hydrogen) atoms. The lowest BCUT2D eigenvalue weighted by atomic mass is 9.98. The van der Waals surface area contributed by atoms with Gasteiger partial charge in [0, 0.05) is 44.3 Å². The van der Waals surface area contributed by atoms with Crippen LogP contribution in [-0.4, -0.2) is 46.0 Å². The molecule has 3 atom stereocenters. The van der Waals surface area contributed by atoms with E-state index in [1.165, 1.54) is 16.7 Å². The number of aromatic nitrogens is 2. The van der Waals surface area contributed by atoms with Crippen LogP contribution in [0.3, 0.4) is 0 Å². The minimum absolute atomic E-state index is 0.0386. The number of rotatable bonds is 5. The van der Waals surface area contributed by atoms with Gasteiger partial charge >= 0.3 is 6.36 Å². The topological polar surface area (TPSA) is 55.0 Å². The molecule has 7 nitrogen and oxygen atoms in total. The Labute approximate surface area is 207 Å². The standard InChI is InChI=1S/C26H28F3N5O2/c1-6-19-15-33(17(3)18-7-9-20(10-8-18)36-26(27,28)29)16(2)14-34(19)22-13-24(35)32(5)21-11-12-23(30-4)31-25(21)22/h7-13,16-17,19H,6,14-15H2,1-3,5H3/t16-,17?,19+/m1/s1. The van der Waals surface area contributed by atoms with Crippen molar-refractivity contribution in [3.63, 3.8) is 0 Å². The van der Waals surface area contributed by atoms with E-state index < -0.39 is 6.36 Å². The number of aryl methyl sites for hydroxylation is 1. The van der Waals surface area contributed by atoms with E-state index in [1.54, 1.807) is 37.4 Å². The van der Waals surface area contributed by atoms with Crippen LogP contribution in [0.1, 0.15) is 38.8 Å². The summed E-state index contributed by atoms with van der Waals surface area (Å²) < 4.78 is 43.1. The fourth-order valence-electron chi connectivity index (χ4n) is 4.97. The molecule has 1 aliphatic rings. The smallest absolute Gasteiger partial charge is 0.406 e. The highest BCUT2D eigenvalue weighted by Crippen LogP contribution is 2.34. The van der Waals surface area contributed by atoms with Gasteiger partial charge in [-0.15, -0.1) is 18.2 Å². The van der Waals surface area contributed by atoms with Crippen molar-refractivity contribution in [3.8, 4) is 5.75 Å². The molecular weight excluding hydrogens is 471 g/mol. The highest BCUT2D eigenvalue weighted by molar-refractivity contribution is 5.89. The molecule has 0 N–H and O–H groups in total. The largest absolute Gasteiger partial charge is 0.573 e. The molecule has 1 saturated heterocycles. The van der Waals surface area contributed by atoms with Gasteiger partial charge < -0.3 is 19.0 Å². The number of halogens is 3. The fourth-order valence-corrected chi connectivity index (χ4v) is 4.97. The zero-order valence-electron chi connectivity index (χ0n) is 20.6. The molecule has 0 bridgehead atoms. The molecule has 0 amide bonds. The minimum Gasteiger partial charge on any atom is -0.406 e. The van der Waals surface area contributed by atoms with E-state index in [2.05, 4.69) is 38.2 Å². The minimum atomic E-state index is -4.72. The molecule has 0 aliphatic carbocycles. The second-order valence-electron chi connectivity index (χ2n) is 9.13. The molecule has 3 aromatic rings. The van der Waals surface area contributed by atoms with Gasteiger partial charge in [-0.2, -0.15) is 0 Å². The Bertz CT molecular complexity index is 1350. The molecule has 1 aliphatic heterocycles. The number of hydrogen-bond donors (Lipinski definition) is 0. The summed E-state index contributed by atoms with van der Waals surface area (Å²) in [6, 6.07) is 11.1. The van der Waals surface area contributed by atoms with Gasteiger partial charge in [-0.1, -0.05) is 25.6 Å². The van der Waals surface area contributed by atoms with Crippen molar-refractivity contribution in [1.82, 2.24) is 14.5 Å². The monoisotopic (exact) mass is 499 g/mol. The fraction of sp³-hybridized carbons (Fsp3) is 0.423. The maximum atomic E-state index is 12.8. The van der Waals surface area contributed by atoms with Crippen molar-refractivity contribution in [2.75, 3.05) is 18.0 Å². The number of piperazine rings is 1. The summed E-state index contributed by atoms with van der Waals surface area (Å²) in [7, 11) is 1.69. The van der Waals surface area contributed by atoms with Gasteiger partial charge in [-0.25, -0.2) is 0 Å². The molecule has 3 heterocycles. The third-order valence-electron chi connectivity index (χ3n) is 6.93. The van der Waals surface area contributed by atoms with Gasteiger partial charge in [0.05, 0.1) is 11.2 Å². The number of alkyl halides is 3. The molecule has 190 valence electrons. The molecular formula is C26H28F3N5O2. The molecule has 0 saturated carbocycles. The Morgan fingerprint density at radius 3 is 2.50 bits per heavy atom. The highest BCUT2D eigenvalue weighted by Gasteiger charge is 2.36. The Morgan fingerprint density at radius 1 is 1.19 bits per heavy atom. The molecule has 10 heteroatoms. The van der Waals surface area contributed by atoms with Crippen LogP contribution in [0, 0.1) is 6.57 Å². The van der Waals surface area contributed by atoms with Crippen LogP contribution < -0.4 is 15.2 Å². The molecule has 1 fully saturated rings. The molecule has 0 radical (unpaired) electrons. The number of hydrogen-bond acceptors (Lipinski definition) is 5. The van der Waals surface area contributed by atoms with Gasteiger partial charge in [0.15, 0.2) is 0 Å². The van der Waals surface area contributed by atoms with Crippen LogP contribution >= 0.6 is 0 Å². The summed E-state index contributed by atoms with van der Waals surface area (Å²) in [5.74, 6) is 0.0280. The summed E-state index contributed by atoms with van der Waals surface area (Å²) in [6.45, 7) is 14.9. The Morgan fingerprint density at radius 2 is 1.89 bits per heavy atom. The molecule has 1 unspecified atom stereocenters. The zero-order chi connectivity index (χ0) is 26.2. The van der Waals surface area contributed by atoms with Gasteiger partial charge in [-0.3, -0.25) is 9.69 Å². The summed E-state index contributed by atoms with van der Waals surface area (Å²) in [5.41, 5.74) is 2.76. The van der Waals surface area contributed by atoms with E-state index in [4.69, 9.17) is 6.57 Å². The van der Waals surface area contributed by atoms with Crippen LogP contribution in [-0.2, 0) is 7.05 Å². The number of benzene rings is 1. The van der Waals surface area contributed by atoms with Crippen molar-refractivity contribution >= 4 is 22.5 Å². The van der Waals surface area contributed by atoms with Crippen LogP contribution in [0.5, 0.6) is 5.75 Å². The maximum absolute atomic E-state index is 12.8. The van der Waals surface area contributed by atoms with Crippen LogP contribution in [0.4, 0.5) is 24.7 Å². The zero-order valence-corrected chi connectivity index (χ0v) is 20.6. The second kappa shape index (κ2) is 9.82. The van der Waals surface area contributed by atoms with Gasteiger partial charge in [0.1, 0.15) is 5.75 Å². The number of nitrogens with zero attached hydrogens (tertiary/aromatic N) is 5. The summed E-state index contributed by atoms with van der Waals surface area (Å²) in [4.78, 5) is 25.3. The van der Waals surface area contributed by atoms with Gasteiger partial charge in [0.2, 0.25) is 5.52 Å². The van der Waals surface area contributed by atoms with E-state index in [9.17, 15) is 18.0 Å². The first-order chi connectivity index (χ1) is 17.0. The van der Waals surface area contributed by atoms with E-state index in [0.717, 1.165) is 17.7 Å². The van der Waals surface area contributed by atoms with Crippen molar-refractivity contribution in [2.24, 2.45) is 7.05 Å². The summed E-state index contributed by atoms with van der Waals surface area (Å²) >= 11 is 0. The van der Waals surface area contributed by atoms with Gasteiger partial charge in [-0.05, 0) is 50.1 Å². The number of pyridine rings is 2. The highest BCUT2D eigenvalue weighted by atomic mass is 19.4. The molecule has 0 spiro atoms. The maximum Gasteiger partial charge on any atom is 0.573 e. The third-order valence-corrected chi connectivity index (χ3v) is 6.93. The summed E-state index contributed by atoms with van der Waals surface area (Å²) in [6.07, 6.45) is -3.91. The average Bonchev–Trinajstić information content (AvgIpc) is 2.84. The Kier molecular flexibility index (Phi) is 6.96. The first kappa shape index (κ1) is 25.5. The van der Waals surface area contributed by atoms with Crippen molar-refractivity contribution in [2.45, 2.75) is 51.7 Å². The van der Waals surface area contributed by atoms with Crippen LogP contribution in [0.2, 0.25) is 0 Å². The molecule has 2 aromatic heterocycles. The Balaban J connectivity index is 1.63. The number of anilines is 1. The lowest BCUT2D eigenvalue weighted by molar-refractivity contribution is -0.274. The predicted octanol–water partition coefficient (Wildman–Crippen LogP) is 5.43. The third kappa shape index (κ3) is 5.02. The van der Waals surface area contributed by atoms with Gasteiger partial charge in [0.25, 0.3) is 11.4 Å². The van der Waals surface area contributed by atoms with E-state index in [0.29, 0.717) is 24.1 Å². The lowest BCUT2D eigenvalue weighted by Gasteiger charge is -2.48. The first-order valence-corrected chi connectivity index (χ1v) is 11.8. The van der Waals surface area contributed by atoms with Crippen molar-refractivity contribution < 1.29 is 17.9 Å². The second-order valence-corrected chi connectivity index (χ2v) is 9.13. The van der Waals surface area contributed by atoms with E-state index >= 15 is 0 Å². The van der Waals surface area contributed by atoms with Crippen molar-refractivity contribution in [1.29, 1.82) is 0 Å². The average molecular weight is 500 g/mol. The van der Waals surface area contributed by atoms with E-state index in [-0.39, 0.29) is 35.3 Å². The predicted molar refractivity (Wildman–Crippen MR) is 132 cm³/mol. The van der Waals surface area contributed by atoms with Crippen molar-refractivity contribution in [3.05, 3.63) is 69.8 Å². The normalized spacial score (nSPS) is 19.8. The quantitative estimate of drug-likeness (QED) is 0.438. The Hall–Kier alpha value is -3.58. The van der Waals surface area contributed by atoms with Crippen LogP contribution in [0.25, 0.3) is 15.9 Å². The van der Waals surface area contributed by atoms with Crippen LogP contribution in [0.15, 0.2) is 47.3 Å². The van der Waals surface area contributed by atoms with E-state index in [1.807, 2.05) is 6.92 Å². The number of fused-ring (bicyclic) bond motifs is 1. The SMILES string of the molecule is [C-]#[N+]c1ccc2c(n1)c(N1C[C@@H](C)N(C(C)c3ccc(OC(F)(F)F)cc3)C[C@@H]1CC)cc(=O)n2C. The summed E-state index contributed by atoms with van der Waals surface area (Å²) in [5, 5.41) is 0. The molecule has 4 rings (SSSR count). The first-order valence-electron chi connectivity index (χ1n) is 11.8. The number of ether oxygens (including phenoxy) is 1.